The fourth-order valence-corrected chi connectivity index (χ4v) is 1.63. The van der Waals surface area contributed by atoms with Crippen LogP contribution < -0.4 is 5.73 Å². The Balaban J connectivity index is 2.09. The fraction of sp³-hybridized carbons (Fsp3) is 0.556. The molecule has 14 heavy (non-hydrogen) atoms. The van der Waals surface area contributed by atoms with E-state index in [0.717, 1.165) is 31.6 Å². The van der Waals surface area contributed by atoms with Gasteiger partial charge in [-0.3, -0.25) is 0 Å². The van der Waals surface area contributed by atoms with Gasteiger partial charge in [0.05, 0.1) is 5.69 Å². The zero-order valence-electron chi connectivity index (χ0n) is 8.02. The molecule has 0 aliphatic carbocycles. The molecule has 76 valence electrons. The van der Waals surface area contributed by atoms with Crippen LogP contribution in [0.2, 0.25) is 0 Å². The molecule has 1 aliphatic rings. The van der Waals surface area contributed by atoms with Crippen LogP contribution in [0.4, 0.5) is 4.79 Å². The second-order valence-corrected chi connectivity index (χ2v) is 3.43. The Morgan fingerprint density at radius 1 is 1.50 bits per heavy atom. The Morgan fingerprint density at radius 2 is 2.21 bits per heavy atom. The van der Waals surface area contributed by atoms with Crippen LogP contribution in [-0.4, -0.2) is 33.8 Å². The lowest BCUT2D eigenvalue weighted by Gasteiger charge is -2.13. The molecule has 2 rings (SSSR count). The van der Waals surface area contributed by atoms with E-state index in [4.69, 9.17) is 5.73 Å². The van der Waals surface area contributed by atoms with E-state index in [0.29, 0.717) is 6.54 Å². The molecule has 1 saturated heterocycles. The molecule has 0 bridgehead atoms. The molecule has 1 aromatic rings. The number of hydrogen-bond acceptors (Lipinski definition) is 3. The maximum Gasteiger partial charge on any atom is 0.344 e. The molecule has 0 unspecified atom stereocenters. The Kier molecular flexibility index (Phi) is 2.49. The van der Waals surface area contributed by atoms with Gasteiger partial charge >= 0.3 is 6.03 Å². The van der Waals surface area contributed by atoms with Gasteiger partial charge in [0, 0.05) is 25.8 Å². The molecular formula is C9H14N4O. The molecular weight excluding hydrogens is 180 g/mol. The number of rotatable bonds is 1. The van der Waals surface area contributed by atoms with Gasteiger partial charge in [-0.05, 0) is 18.9 Å². The van der Waals surface area contributed by atoms with E-state index in [1.165, 1.54) is 4.68 Å². The average Bonchev–Trinajstić information content (AvgIpc) is 2.88. The number of hydrogen-bond donors (Lipinski definition) is 1. The summed E-state index contributed by atoms with van der Waals surface area (Å²) in [5.74, 6) is 0. The van der Waals surface area contributed by atoms with Crippen molar-refractivity contribution in [1.29, 1.82) is 0 Å². The third kappa shape index (κ3) is 1.63. The van der Waals surface area contributed by atoms with Crippen molar-refractivity contribution in [3.8, 4) is 0 Å². The summed E-state index contributed by atoms with van der Waals surface area (Å²) in [5, 5.41) is 4.07. The lowest BCUT2D eigenvalue weighted by atomic mass is 10.4. The topological polar surface area (TPSA) is 64.2 Å². The minimum absolute atomic E-state index is 0.0396. The van der Waals surface area contributed by atoms with Crippen LogP contribution >= 0.6 is 0 Å². The van der Waals surface area contributed by atoms with E-state index < -0.39 is 0 Å². The van der Waals surface area contributed by atoms with E-state index in [2.05, 4.69) is 5.10 Å². The third-order valence-corrected chi connectivity index (χ3v) is 2.43. The first-order valence-electron chi connectivity index (χ1n) is 4.85. The molecule has 0 saturated carbocycles. The van der Waals surface area contributed by atoms with Crippen LogP contribution in [0, 0.1) is 0 Å². The lowest BCUT2D eigenvalue weighted by Crippen LogP contribution is -2.32. The molecule has 2 N–H and O–H groups in total. The summed E-state index contributed by atoms with van der Waals surface area (Å²) < 4.78 is 1.37. The number of carbonyl (C=O) groups excluding carboxylic acids is 1. The Bertz CT molecular complexity index is 327. The number of nitrogens with zero attached hydrogens (tertiary/aromatic N) is 3. The van der Waals surface area contributed by atoms with Crippen LogP contribution in [-0.2, 0) is 6.54 Å². The van der Waals surface area contributed by atoms with E-state index in [1.54, 1.807) is 12.3 Å². The van der Waals surface area contributed by atoms with Crippen LogP contribution in [0.15, 0.2) is 12.3 Å². The van der Waals surface area contributed by atoms with Crippen LogP contribution in [0.1, 0.15) is 18.5 Å². The van der Waals surface area contributed by atoms with Crippen molar-refractivity contribution in [2.75, 3.05) is 13.1 Å². The van der Waals surface area contributed by atoms with Crippen molar-refractivity contribution >= 4 is 6.03 Å². The smallest absolute Gasteiger partial charge is 0.325 e. The van der Waals surface area contributed by atoms with Crippen LogP contribution in [0.25, 0.3) is 0 Å². The Morgan fingerprint density at radius 3 is 2.79 bits per heavy atom. The number of nitrogens with two attached hydrogens (primary N) is 1. The minimum atomic E-state index is -0.0396. The first-order valence-corrected chi connectivity index (χ1v) is 4.85. The molecule has 5 heteroatoms. The summed E-state index contributed by atoms with van der Waals surface area (Å²) in [5.41, 5.74) is 6.16. The monoisotopic (exact) mass is 194 g/mol. The summed E-state index contributed by atoms with van der Waals surface area (Å²) in [6, 6.07) is 1.73. The number of likely N-dealkylation sites (tertiary alicyclic amines) is 1. The highest BCUT2D eigenvalue weighted by Crippen LogP contribution is 2.09. The highest BCUT2D eigenvalue weighted by Gasteiger charge is 2.19. The summed E-state index contributed by atoms with van der Waals surface area (Å²) in [6.07, 6.45) is 3.86. The van der Waals surface area contributed by atoms with Gasteiger partial charge in [0.2, 0.25) is 0 Å². The molecule has 2 heterocycles. The quantitative estimate of drug-likeness (QED) is 0.704. The molecule has 1 aromatic heterocycles. The predicted molar refractivity (Wildman–Crippen MR) is 51.7 cm³/mol. The van der Waals surface area contributed by atoms with Gasteiger partial charge in [-0.2, -0.15) is 9.78 Å². The lowest BCUT2D eigenvalue weighted by molar-refractivity contribution is 0.207. The van der Waals surface area contributed by atoms with E-state index in [1.807, 2.05) is 4.90 Å². The van der Waals surface area contributed by atoms with Crippen molar-refractivity contribution in [2.24, 2.45) is 5.73 Å². The number of carbonyl (C=O) groups is 1. The second-order valence-electron chi connectivity index (χ2n) is 3.43. The average molecular weight is 194 g/mol. The summed E-state index contributed by atoms with van der Waals surface area (Å²) in [6.45, 7) is 2.06. The van der Waals surface area contributed by atoms with Crippen molar-refractivity contribution in [3.05, 3.63) is 18.0 Å². The zero-order chi connectivity index (χ0) is 9.97. The van der Waals surface area contributed by atoms with Gasteiger partial charge in [0.15, 0.2) is 0 Å². The number of aromatic nitrogens is 2. The van der Waals surface area contributed by atoms with Gasteiger partial charge in [-0.1, -0.05) is 0 Å². The van der Waals surface area contributed by atoms with Crippen molar-refractivity contribution < 1.29 is 4.79 Å². The Hall–Kier alpha value is -1.36. The van der Waals surface area contributed by atoms with Gasteiger partial charge in [-0.15, -0.1) is 0 Å². The summed E-state index contributed by atoms with van der Waals surface area (Å²) in [4.78, 5) is 13.6. The standard InChI is InChI=1S/C9H14N4O/c10-7-8-3-6-13(11-8)9(14)12-4-1-2-5-12/h3,6H,1-2,4-5,7,10H2. The first kappa shape index (κ1) is 9.21. The number of amides is 1. The van der Waals surface area contributed by atoms with Crippen LogP contribution in [0.5, 0.6) is 0 Å². The SMILES string of the molecule is NCc1ccn(C(=O)N2CCCC2)n1. The molecule has 0 atom stereocenters. The van der Waals surface area contributed by atoms with Gasteiger partial charge in [0.25, 0.3) is 0 Å². The second kappa shape index (κ2) is 3.79. The van der Waals surface area contributed by atoms with Gasteiger partial charge in [-0.25, -0.2) is 4.79 Å². The molecule has 0 radical (unpaired) electrons. The maximum absolute atomic E-state index is 11.8. The molecule has 0 aromatic carbocycles. The molecule has 1 fully saturated rings. The highest BCUT2D eigenvalue weighted by molar-refractivity contribution is 5.76. The summed E-state index contributed by atoms with van der Waals surface area (Å²) >= 11 is 0. The minimum Gasteiger partial charge on any atom is -0.325 e. The predicted octanol–water partition coefficient (Wildman–Crippen LogP) is 0.406. The molecule has 0 spiro atoms. The molecule has 5 nitrogen and oxygen atoms in total. The molecule has 1 amide bonds. The van der Waals surface area contributed by atoms with E-state index in [9.17, 15) is 4.79 Å². The third-order valence-electron chi connectivity index (χ3n) is 2.43. The normalized spacial score (nSPS) is 16.2. The van der Waals surface area contributed by atoms with Crippen molar-refractivity contribution in [2.45, 2.75) is 19.4 Å². The first-order chi connectivity index (χ1) is 6.81. The van der Waals surface area contributed by atoms with Crippen LogP contribution in [0.3, 0.4) is 0 Å². The molecule has 1 aliphatic heterocycles. The fourth-order valence-electron chi connectivity index (χ4n) is 1.63. The Labute approximate surface area is 82.5 Å². The van der Waals surface area contributed by atoms with Crippen molar-refractivity contribution in [1.82, 2.24) is 14.7 Å². The maximum atomic E-state index is 11.8. The van der Waals surface area contributed by atoms with Gasteiger partial charge < -0.3 is 10.6 Å². The summed E-state index contributed by atoms with van der Waals surface area (Å²) in [7, 11) is 0. The van der Waals surface area contributed by atoms with Gasteiger partial charge in [0.1, 0.15) is 0 Å². The van der Waals surface area contributed by atoms with E-state index >= 15 is 0 Å². The largest absolute Gasteiger partial charge is 0.344 e. The van der Waals surface area contributed by atoms with E-state index in [-0.39, 0.29) is 6.03 Å². The highest BCUT2D eigenvalue weighted by atomic mass is 16.2. The zero-order valence-corrected chi connectivity index (χ0v) is 8.02. The van der Waals surface area contributed by atoms with Crippen molar-refractivity contribution in [3.63, 3.8) is 0 Å².